The van der Waals surface area contributed by atoms with E-state index < -0.39 is 5.60 Å². The summed E-state index contributed by atoms with van der Waals surface area (Å²) in [5.74, 6) is 0. The molecule has 1 aliphatic rings. The van der Waals surface area contributed by atoms with Crippen molar-refractivity contribution in [2.24, 2.45) is 10.7 Å². The molecule has 1 aromatic heterocycles. The number of nitrogens with one attached hydrogen (secondary N) is 1. The van der Waals surface area contributed by atoms with Crippen molar-refractivity contribution in [3.8, 4) is 0 Å². The fourth-order valence-electron chi connectivity index (χ4n) is 2.69. The Balaban J connectivity index is 1.95. The molecule has 0 unspecified atom stereocenters. The molecule has 2 rings (SSSR count). The zero-order valence-corrected chi connectivity index (χ0v) is 16.1. The van der Waals surface area contributed by atoms with E-state index >= 15 is 0 Å². The molecule has 146 valence electrons. The second-order valence-electron chi connectivity index (χ2n) is 7.44. The van der Waals surface area contributed by atoms with Crippen LogP contribution in [0.4, 0.5) is 10.5 Å². The van der Waals surface area contributed by atoms with E-state index in [0.29, 0.717) is 30.0 Å². The van der Waals surface area contributed by atoms with Crippen LogP contribution in [-0.2, 0) is 4.74 Å². The van der Waals surface area contributed by atoms with Crippen LogP contribution in [0, 0.1) is 5.41 Å². The molecule has 0 bridgehead atoms. The number of nitrogen functional groups attached to an aromatic ring is 1. The van der Waals surface area contributed by atoms with Gasteiger partial charge in [0.25, 0.3) is 0 Å². The molecule has 0 saturated carbocycles. The summed E-state index contributed by atoms with van der Waals surface area (Å²) in [4.78, 5) is 22.6. The van der Waals surface area contributed by atoms with Crippen LogP contribution in [0.1, 0.15) is 44.9 Å². The summed E-state index contributed by atoms with van der Waals surface area (Å²) in [6.45, 7) is 6.80. The highest BCUT2D eigenvalue weighted by molar-refractivity contribution is 6.10. The van der Waals surface area contributed by atoms with Crippen molar-refractivity contribution >= 4 is 29.8 Å². The van der Waals surface area contributed by atoms with Gasteiger partial charge in [-0.25, -0.2) is 4.79 Å². The maximum absolute atomic E-state index is 12.1. The molecule has 2 heterocycles. The molecule has 0 radical (unpaired) electrons. The Morgan fingerprint density at radius 3 is 2.59 bits per heavy atom. The molecule has 8 heteroatoms. The predicted molar refractivity (Wildman–Crippen MR) is 108 cm³/mol. The van der Waals surface area contributed by atoms with Crippen molar-refractivity contribution in [2.45, 2.75) is 45.3 Å². The normalized spacial score (nSPS) is 16.6. The summed E-state index contributed by atoms with van der Waals surface area (Å²) < 4.78 is 5.40. The average molecular weight is 372 g/mol. The van der Waals surface area contributed by atoms with Gasteiger partial charge in [0.15, 0.2) is 0 Å². The maximum atomic E-state index is 12.1. The van der Waals surface area contributed by atoms with Crippen molar-refractivity contribution in [3.05, 3.63) is 29.7 Å². The number of aromatic nitrogens is 1. The number of nitrogens with zero attached hydrogens (tertiary/aromatic N) is 3. The predicted octanol–water partition coefficient (Wildman–Crippen LogP) is 2.43. The van der Waals surface area contributed by atoms with Gasteiger partial charge >= 0.3 is 6.09 Å². The lowest BCUT2D eigenvalue weighted by Gasteiger charge is -2.32. The maximum Gasteiger partial charge on any atom is 0.410 e. The van der Waals surface area contributed by atoms with Gasteiger partial charge in [0.2, 0.25) is 0 Å². The number of allylic oxidation sites excluding steroid dienone is 1. The summed E-state index contributed by atoms with van der Waals surface area (Å²) in [7, 11) is 0. The number of ether oxygens (including phenoxy) is 1. The number of carbonyl (C=O) groups is 1. The second kappa shape index (κ2) is 8.66. The van der Waals surface area contributed by atoms with Crippen LogP contribution in [-0.4, -0.2) is 53.1 Å². The number of pyridine rings is 1. The Labute approximate surface area is 159 Å². The third-order valence-corrected chi connectivity index (χ3v) is 4.14. The van der Waals surface area contributed by atoms with Crippen LogP contribution in [0.15, 0.2) is 23.5 Å². The lowest BCUT2D eigenvalue weighted by Crippen LogP contribution is -2.42. The van der Waals surface area contributed by atoms with E-state index in [1.54, 1.807) is 23.4 Å². The zero-order chi connectivity index (χ0) is 20.0. The molecule has 0 aromatic carbocycles. The number of hydrogen-bond acceptors (Lipinski definition) is 7. The number of amides is 1. The highest BCUT2D eigenvalue weighted by Crippen LogP contribution is 2.19. The molecule has 1 saturated heterocycles. The fourth-order valence-corrected chi connectivity index (χ4v) is 2.69. The molecule has 1 amide bonds. The largest absolute Gasteiger partial charge is 0.444 e. The van der Waals surface area contributed by atoms with Crippen molar-refractivity contribution in [2.75, 3.05) is 18.8 Å². The summed E-state index contributed by atoms with van der Waals surface area (Å²) in [5, 5.41) is 7.25. The highest BCUT2D eigenvalue weighted by Gasteiger charge is 2.26. The number of hydrogen-bond donors (Lipinski definition) is 3. The van der Waals surface area contributed by atoms with Crippen LogP contribution < -0.4 is 11.5 Å². The minimum atomic E-state index is -0.490. The van der Waals surface area contributed by atoms with Gasteiger partial charge in [-0.3, -0.25) is 9.98 Å². The minimum Gasteiger partial charge on any atom is -0.444 e. The summed E-state index contributed by atoms with van der Waals surface area (Å²) in [6.07, 6.45) is 7.15. The van der Waals surface area contributed by atoms with E-state index in [-0.39, 0.29) is 12.1 Å². The first-order valence-electron chi connectivity index (χ1n) is 8.93. The monoisotopic (exact) mass is 372 g/mol. The molecule has 1 aromatic rings. The van der Waals surface area contributed by atoms with Crippen LogP contribution >= 0.6 is 0 Å². The van der Waals surface area contributed by atoms with Crippen LogP contribution in [0.3, 0.4) is 0 Å². The van der Waals surface area contributed by atoms with E-state index in [2.05, 4.69) is 9.98 Å². The van der Waals surface area contributed by atoms with E-state index in [9.17, 15) is 4.79 Å². The van der Waals surface area contributed by atoms with Gasteiger partial charge in [-0.15, -0.1) is 0 Å². The Morgan fingerprint density at radius 1 is 1.41 bits per heavy atom. The van der Waals surface area contributed by atoms with Crippen LogP contribution in [0.2, 0.25) is 0 Å². The second-order valence-corrected chi connectivity index (χ2v) is 7.44. The van der Waals surface area contributed by atoms with Gasteiger partial charge in [-0.1, -0.05) is 0 Å². The number of rotatable bonds is 4. The van der Waals surface area contributed by atoms with Crippen molar-refractivity contribution in [3.63, 3.8) is 0 Å². The lowest BCUT2D eigenvalue weighted by atomic mass is 10.1. The summed E-state index contributed by atoms with van der Waals surface area (Å²) in [5.41, 5.74) is 13.4. The first-order chi connectivity index (χ1) is 12.7. The molecule has 1 fully saturated rings. The van der Waals surface area contributed by atoms with E-state index in [4.69, 9.17) is 21.6 Å². The van der Waals surface area contributed by atoms with Crippen molar-refractivity contribution in [1.82, 2.24) is 9.88 Å². The molecule has 5 N–H and O–H groups in total. The lowest BCUT2D eigenvalue weighted by molar-refractivity contribution is 0.0207. The Kier molecular flexibility index (Phi) is 6.55. The number of aliphatic imine (C=N–C) groups is 1. The molecule has 0 spiro atoms. The topological polar surface area (TPSA) is 131 Å². The molecule has 0 aliphatic carbocycles. The van der Waals surface area contributed by atoms with Gasteiger partial charge in [0, 0.05) is 49.1 Å². The molecule has 27 heavy (non-hydrogen) atoms. The Morgan fingerprint density at radius 2 is 2.07 bits per heavy atom. The molecule has 1 aliphatic heterocycles. The SMILES string of the molecule is CC(C)(C)OC(=O)N1CCC(N=CC(=CN)c2cnc(C=N)c(N)c2)CC1. The third-order valence-electron chi connectivity index (χ3n) is 4.14. The minimum absolute atomic E-state index is 0.116. The third kappa shape index (κ3) is 5.80. The van der Waals surface area contributed by atoms with Crippen molar-refractivity contribution < 1.29 is 9.53 Å². The van der Waals surface area contributed by atoms with Crippen LogP contribution in [0.5, 0.6) is 0 Å². The molecular formula is C19H28N6O2. The molecule has 8 nitrogen and oxygen atoms in total. The first kappa shape index (κ1) is 20.4. The number of nitrogens with two attached hydrogens (primary N) is 2. The highest BCUT2D eigenvalue weighted by atomic mass is 16.6. The summed E-state index contributed by atoms with van der Waals surface area (Å²) in [6, 6.07) is 1.84. The standard InChI is InChI=1S/C19H28N6O2/c1-19(2,3)27-18(26)25-6-4-15(5-7-25)23-12-14(9-20)13-8-16(22)17(10-21)24-11-13/h8-12,15,21H,4-7,20,22H2,1-3H3. The van der Waals surface area contributed by atoms with Gasteiger partial charge in [-0.2, -0.15) is 0 Å². The summed E-state index contributed by atoms with van der Waals surface area (Å²) >= 11 is 0. The van der Waals surface area contributed by atoms with Gasteiger partial charge < -0.3 is 26.5 Å². The fraction of sp³-hybridized carbons (Fsp3) is 0.474. The number of piperidine rings is 1. The number of likely N-dealkylation sites (tertiary alicyclic amines) is 1. The number of anilines is 1. The quantitative estimate of drug-likeness (QED) is 0.699. The van der Waals surface area contributed by atoms with E-state index in [0.717, 1.165) is 24.6 Å². The van der Waals surface area contributed by atoms with Gasteiger partial charge in [0.05, 0.1) is 11.7 Å². The van der Waals surface area contributed by atoms with E-state index in [1.165, 1.54) is 6.20 Å². The van der Waals surface area contributed by atoms with Crippen LogP contribution in [0.25, 0.3) is 5.57 Å². The first-order valence-corrected chi connectivity index (χ1v) is 8.93. The average Bonchev–Trinajstić information content (AvgIpc) is 2.61. The van der Waals surface area contributed by atoms with Crippen molar-refractivity contribution in [1.29, 1.82) is 5.41 Å². The number of carbonyl (C=O) groups excluding carboxylic acids is 1. The molecule has 0 atom stereocenters. The van der Waals surface area contributed by atoms with Gasteiger partial charge in [-0.05, 0) is 39.7 Å². The van der Waals surface area contributed by atoms with E-state index in [1.807, 2.05) is 20.8 Å². The smallest absolute Gasteiger partial charge is 0.410 e. The Bertz CT molecular complexity index is 743. The molecular weight excluding hydrogens is 344 g/mol. The zero-order valence-electron chi connectivity index (χ0n) is 16.1. The Hall–Kier alpha value is -2.90. The van der Waals surface area contributed by atoms with Gasteiger partial charge in [0.1, 0.15) is 11.3 Å².